The van der Waals surface area contributed by atoms with Gasteiger partial charge in [-0.2, -0.15) is 0 Å². The van der Waals surface area contributed by atoms with Gasteiger partial charge in [0, 0.05) is 18.5 Å². The highest BCUT2D eigenvalue weighted by atomic mass is 16.1. The molecule has 0 bridgehead atoms. The van der Waals surface area contributed by atoms with Crippen LogP contribution in [0.2, 0.25) is 0 Å². The second-order valence-corrected chi connectivity index (χ2v) is 5.04. The van der Waals surface area contributed by atoms with E-state index in [1.54, 1.807) is 6.20 Å². The third-order valence-electron chi connectivity index (χ3n) is 3.70. The van der Waals surface area contributed by atoms with E-state index >= 15 is 0 Å². The lowest BCUT2D eigenvalue weighted by atomic mass is 10.1. The molecule has 16 heavy (non-hydrogen) atoms. The zero-order chi connectivity index (χ0) is 11.1. The maximum absolute atomic E-state index is 11.8. The monoisotopic (exact) mass is 216 g/mol. The van der Waals surface area contributed by atoms with E-state index in [1.807, 2.05) is 0 Å². The third-order valence-corrected chi connectivity index (χ3v) is 3.70. The molecule has 3 heteroatoms. The van der Waals surface area contributed by atoms with Crippen molar-refractivity contribution in [2.24, 2.45) is 5.92 Å². The standard InChI is InChI=1S/C13H16N2O/c1-8-6-9(8)13-14-7-10-11(15-13)4-2-3-5-12(10)16/h7-9H,2-6H2,1H3. The fraction of sp³-hybridized carbons (Fsp3) is 0.615. The number of Topliss-reactive ketones (excluding diaryl/α,β-unsaturated/α-hetero) is 1. The highest BCUT2D eigenvalue weighted by Crippen LogP contribution is 2.45. The third kappa shape index (κ3) is 1.64. The van der Waals surface area contributed by atoms with Gasteiger partial charge in [-0.05, 0) is 31.6 Å². The molecule has 0 aromatic carbocycles. The van der Waals surface area contributed by atoms with Gasteiger partial charge in [0.2, 0.25) is 0 Å². The van der Waals surface area contributed by atoms with E-state index in [2.05, 4.69) is 16.9 Å². The quantitative estimate of drug-likeness (QED) is 0.677. The zero-order valence-electron chi connectivity index (χ0n) is 9.57. The van der Waals surface area contributed by atoms with E-state index in [1.165, 1.54) is 6.42 Å². The molecule has 1 heterocycles. The van der Waals surface area contributed by atoms with Crippen molar-refractivity contribution in [1.82, 2.24) is 9.97 Å². The summed E-state index contributed by atoms with van der Waals surface area (Å²) in [6.07, 6.45) is 6.64. The average molecular weight is 216 g/mol. The number of ketones is 1. The Balaban J connectivity index is 1.97. The highest BCUT2D eigenvalue weighted by Gasteiger charge is 2.37. The van der Waals surface area contributed by atoms with Gasteiger partial charge in [0.25, 0.3) is 0 Å². The van der Waals surface area contributed by atoms with Crippen LogP contribution in [0.5, 0.6) is 0 Å². The second kappa shape index (κ2) is 3.65. The first-order chi connectivity index (χ1) is 7.75. The summed E-state index contributed by atoms with van der Waals surface area (Å²) in [5, 5.41) is 0. The van der Waals surface area contributed by atoms with Gasteiger partial charge in [0.05, 0.1) is 11.3 Å². The first-order valence-corrected chi connectivity index (χ1v) is 6.14. The van der Waals surface area contributed by atoms with Crippen molar-refractivity contribution >= 4 is 5.78 Å². The summed E-state index contributed by atoms with van der Waals surface area (Å²) < 4.78 is 0. The molecule has 0 N–H and O–H groups in total. The largest absolute Gasteiger partial charge is 0.294 e. The lowest BCUT2D eigenvalue weighted by Crippen LogP contribution is -2.06. The minimum Gasteiger partial charge on any atom is -0.294 e. The van der Waals surface area contributed by atoms with Crippen molar-refractivity contribution in [3.8, 4) is 0 Å². The molecule has 84 valence electrons. The van der Waals surface area contributed by atoms with Gasteiger partial charge in [0.15, 0.2) is 5.78 Å². The van der Waals surface area contributed by atoms with Crippen LogP contribution in [0.25, 0.3) is 0 Å². The predicted molar refractivity (Wildman–Crippen MR) is 60.4 cm³/mol. The number of nitrogens with zero attached hydrogens (tertiary/aromatic N) is 2. The van der Waals surface area contributed by atoms with Gasteiger partial charge < -0.3 is 0 Å². The van der Waals surface area contributed by atoms with Gasteiger partial charge in [-0.25, -0.2) is 9.97 Å². The molecule has 2 aliphatic carbocycles. The van der Waals surface area contributed by atoms with E-state index in [0.717, 1.165) is 42.3 Å². The molecule has 2 atom stereocenters. The minimum atomic E-state index is 0.225. The normalized spacial score (nSPS) is 28.4. The lowest BCUT2D eigenvalue weighted by molar-refractivity contribution is 0.0981. The lowest BCUT2D eigenvalue weighted by Gasteiger charge is -2.05. The number of aromatic nitrogens is 2. The summed E-state index contributed by atoms with van der Waals surface area (Å²) in [6, 6.07) is 0. The second-order valence-electron chi connectivity index (χ2n) is 5.04. The molecular weight excluding hydrogens is 200 g/mol. The van der Waals surface area contributed by atoms with Gasteiger partial charge in [-0.15, -0.1) is 0 Å². The fourth-order valence-corrected chi connectivity index (χ4v) is 2.43. The SMILES string of the molecule is CC1CC1c1ncc2c(n1)CCCCC2=O. The number of carbonyl (C=O) groups is 1. The molecule has 0 spiro atoms. The fourth-order valence-electron chi connectivity index (χ4n) is 2.43. The van der Waals surface area contributed by atoms with Gasteiger partial charge in [-0.3, -0.25) is 4.79 Å². The van der Waals surface area contributed by atoms with Crippen molar-refractivity contribution in [3.05, 3.63) is 23.3 Å². The molecule has 1 fully saturated rings. The highest BCUT2D eigenvalue weighted by molar-refractivity contribution is 5.97. The van der Waals surface area contributed by atoms with Crippen LogP contribution in [0.15, 0.2) is 6.20 Å². The van der Waals surface area contributed by atoms with Crippen molar-refractivity contribution in [1.29, 1.82) is 0 Å². The van der Waals surface area contributed by atoms with Gasteiger partial charge >= 0.3 is 0 Å². The molecule has 3 rings (SSSR count). The summed E-state index contributed by atoms with van der Waals surface area (Å²) in [4.78, 5) is 20.8. The van der Waals surface area contributed by atoms with E-state index in [9.17, 15) is 4.79 Å². The van der Waals surface area contributed by atoms with Crippen LogP contribution in [0.1, 0.15) is 60.4 Å². The Kier molecular flexibility index (Phi) is 2.27. The van der Waals surface area contributed by atoms with Crippen molar-refractivity contribution in [3.63, 3.8) is 0 Å². The number of hydrogen-bond donors (Lipinski definition) is 0. The summed E-state index contributed by atoms with van der Waals surface area (Å²) in [5.74, 6) is 2.45. The summed E-state index contributed by atoms with van der Waals surface area (Å²) in [6.45, 7) is 2.23. The first kappa shape index (κ1) is 9.94. The Labute approximate surface area is 95.3 Å². The minimum absolute atomic E-state index is 0.225. The number of fused-ring (bicyclic) bond motifs is 1. The van der Waals surface area contributed by atoms with E-state index in [-0.39, 0.29) is 5.78 Å². The first-order valence-electron chi connectivity index (χ1n) is 6.14. The van der Waals surface area contributed by atoms with Crippen LogP contribution in [0.3, 0.4) is 0 Å². The molecular formula is C13H16N2O. The maximum atomic E-state index is 11.8. The molecule has 0 radical (unpaired) electrons. The van der Waals surface area contributed by atoms with Gasteiger partial charge in [0.1, 0.15) is 5.82 Å². The maximum Gasteiger partial charge on any atom is 0.166 e. The molecule has 1 saturated carbocycles. The molecule has 0 aliphatic heterocycles. The van der Waals surface area contributed by atoms with Crippen molar-refractivity contribution < 1.29 is 4.79 Å². The van der Waals surface area contributed by atoms with E-state index in [0.29, 0.717) is 12.3 Å². The Hall–Kier alpha value is -1.25. The number of rotatable bonds is 1. The topological polar surface area (TPSA) is 42.9 Å². The average Bonchev–Trinajstić information content (AvgIpc) is 3.03. The van der Waals surface area contributed by atoms with Crippen LogP contribution < -0.4 is 0 Å². The Morgan fingerprint density at radius 3 is 2.81 bits per heavy atom. The van der Waals surface area contributed by atoms with Crippen molar-refractivity contribution in [2.45, 2.75) is 44.9 Å². The molecule has 0 amide bonds. The Bertz CT molecular complexity index is 442. The van der Waals surface area contributed by atoms with Crippen molar-refractivity contribution in [2.75, 3.05) is 0 Å². The summed E-state index contributed by atoms with van der Waals surface area (Å²) >= 11 is 0. The van der Waals surface area contributed by atoms with Crippen LogP contribution in [-0.2, 0) is 6.42 Å². The summed E-state index contributed by atoms with van der Waals surface area (Å²) in [7, 11) is 0. The zero-order valence-corrected chi connectivity index (χ0v) is 9.57. The Morgan fingerprint density at radius 2 is 2.06 bits per heavy atom. The number of hydrogen-bond acceptors (Lipinski definition) is 3. The molecule has 0 saturated heterocycles. The number of carbonyl (C=O) groups excluding carboxylic acids is 1. The molecule has 1 aromatic heterocycles. The number of aryl methyl sites for hydroxylation is 1. The van der Waals surface area contributed by atoms with Crippen LogP contribution >= 0.6 is 0 Å². The van der Waals surface area contributed by atoms with E-state index in [4.69, 9.17) is 0 Å². The molecule has 1 aromatic rings. The van der Waals surface area contributed by atoms with Crippen LogP contribution in [0.4, 0.5) is 0 Å². The van der Waals surface area contributed by atoms with E-state index < -0.39 is 0 Å². The van der Waals surface area contributed by atoms with Crippen LogP contribution in [-0.4, -0.2) is 15.8 Å². The molecule has 2 aliphatic rings. The molecule has 3 nitrogen and oxygen atoms in total. The van der Waals surface area contributed by atoms with Crippen LogP contribution in [0, 0.1) is 5.92 Å². The van der Waals surface area contributed by atoms with Gasteiger partial charge in [-0.1, -0.05) is 6.92 Å². The smallest absolute Gasteiger partial charge is 0.166 e. The predicted octanol–water partition coefficient (Wildman–Crippen LogP) is 2.51. The summed E-state index contributed by atoms with van der Waals surface area (Å²) in [5.41, 5.74) is 1.76. The Morgan fingerprint density at radius 1 is 1.31 bits per heavy atom. The molecule has 2 unspecified atom stereocenters.